The highest BCUT2D eigenvalue weighted by atomic mass is 16.2. The van der Waals surface area contributed by atoms with Crippen molar-refractivity contribution in [1.82, 2.24) is 20.0 Å². The maximum atomic E-state index is 13.2. The summed E-state index contributed by atoms with van der Waals surface area (Å²) in [6.45, 7) is 7.08. The number of nitrogens with zero attached hydrogens (tertiary/aromatic N) is 3. The Kier molecular flexibility index (Phi) is 5.45. The zero-order valence-electron chi connectivity index (χ0n) is 15.6. The first-order valence-corrected chi connectivity index (χ1v) is 9.54. The Bertz CT molecular complexity index is 633. The monoisotopic (exact) mass is 346 g/mol. The minimum atomic E-state index is -0.360. The van der Waals surface area contributed by atoms with E-state index < -0.39 is 0 Å². The molecule has 0 spiro atoms. The minimum Gasteiger partial charge on any atom is -0.344 e. The number of carbonyl (C=O) groups is 2. The van der Waals surface area contributed by atoms with Crippen molar-refractivity contribution in [2.24, 2.45) is 5.92 Å². The van der Waals surface area contributed by atoms with Gasteiger partial charge < -0.3 is 10.2 Å². The van der Waals surface area contributed by atoms with Gasteiger partial charge >= 0.3 is 0 Å². The van der Waals surface area contributed by atoms with Crippen molar-refractivity contribution in [1.29, 1.82) is 0 Å². The lowest BCUT2D eigenvalue weighted by Crippen LogP contribution is -2.53. The number of rotatable bonds is 5. The molecule has 138 valence electrons. The molecule has 6 heteroatoms. The zero-order valence-corrected chi connectivity index (χ0v) is 15.6. The first kappa shape index (κ1) is 18.0. The predicted octanol–water partition coefficient (Wildman–Crippen LogP) is 2.19. The fourth-order valence-corrected chi connectivity index (χ4v) is 4.44. The third-order valence-corrected chi connectivity index (χ3v) is 5.64. The molecule has 2 amide bonds. The summed E-state index contributed by atoms with van der Waals surface area (Å²) < 4.78 is 2.01. The molecule has 25 heavy (non-hydrogen) atoms. The number of aryl methyl sites for hydroxylation is 2. The average Bonchev–Trinajstić information content (AvgIpc) is 3.27. The van der Waals surface area contributed by atoms with E-state index in [2.05, 4.69) is 23.4 Å². The SMILES string of the molecule is CC(=O)N[C@@H](C(=O)N1CCC[C@H]1Cn1nc(C)cc1C)C1CCCC1. The molecule has 6 nitrogen and oxygen atoms in total. The first-order chi connectivity index (χ1) is 12.0. The van der Waals surface area contributed by atoms with E-state index in [1.54, 1.807) is 0 Å². The molecule has 1 N–H and O–H groups in total. The van der Waals surface area contributed by atoms with Crippen LogP contribution in [0.15, 0.2) is 6.07 Å². The molecule has 1 saturated heterocycles. The summed E-state index contributed by atoms with van der Waals surface area (Å²) in [5.74, 6) is 0.275. The van der Waals surface area contributed by atoms with Gasteiger partial charge in [-0.05, 0) is 51.5 Å². The Balaban J connectivity index is 1.73. The van der Waals surface area contributed by atoms with Gasteiger partial charge in [0.05, 0.1) is 18.3 Å². The van der Waals surface area contributed by atoms with Crippen LogP contribution in [0.3, 0.4) is 0 Å². The number of aromatic nitrogens is 2. The quantitative estimate of drug-likeness (QED) is 0.889. The van der Waals surface area contributed by atoms with Crippen LogP contribution in [0.25, 0.3) is 0 Å². The van der Waals surface area contributed by atoms with Crippen molar-refractivity contribution < 1.29 is 9.59 Å². The zero-order chi connectivity index (χ0) is 18.0. The van der Waals surface area contributed by atoms with Crippen molar-refractivity contribution in [2.45, 2.75) is 77.9 Å². The van der Waals surface area contributed by atoms with Crippen molar-refractivity contribution in [3.8, 4) is 0 Å². The van der Waals surface area contributed by atoms with Gasteiger partial charge in [0.1, 0.15) is 6.04 Å². The second-order valence-corrected chi connectivity index (χ2v) is 7.66. The van der Waals surface area contributed by atoms with Gasteiger partial charge in [0.2, 0.25) is 11.8 Å². The molecule has 0 aromatic carbocycles. The molecule has 2 atom stereocenters. The molecule has 0 bridgehead atoms. The standard InChI is InChI=1S/C19H30N4O2/c1-13-11-14(2)23(21-13)12-17-9-6-10-22(17)19(25)18(20-15(3)24)16-7-4-5-8-16/h11,16-18H,4-10,12H2,1-3H3,(H,20,24)/t17-,18+/m0/s1. The molecule has 2 aliphatic rings. The first-order valence-electron chi connectivity index (χ1n) is 9.54. The van der Waals surface area contributed by atoms with Gasteiger partial charge in [0.25, 0.3) is 0 Å². The second-order valence-electron chi connectivity index (χ2n) is 7.66. The molecule has 2 heterocycles. The maximum Gasteiger partial charge on any atom is 0.245 e. The van der Waals surface area contributed by atoms with Crippen molar-refractivity contribution >= 4 is 11.8 Å². The lowest BCUT2D eigenvalue weighted by molar-refractivity contribution is -0.138. The second kappa shape index (κ2) is 7.58. The van der Waals surface area contributed by atoms with Crippen LogP contribution < -0.4 is 5.32 Å². The van der Waals surface area contributed by atoms with Gasteiger partial charge in [-0.15, -0.1) is 0 Å². The Morgan fingerprint density at radius 1 is 1.24 bits per heavy atom. The van der Waals surface area contributed by atoms with Gasteiger partial charge in [-0.3, -0.25) is 14.3 Å². The van der Waals surface area contributed by atoms with Crippen LogP contribution in [0.5, 0.6) is 0 Å². The van der Waals surface area contributed by atoms with Gasteiger partial charge in [0.15, 0.2) is 0 Å². The summed E-state index contributed by atoms with van der Waals surface area (Å²) in [6, 6.07) is 1.88. The van der Waals surface area contributed by atoms with E-state index in [-0.39, 0.29) is 29.8 Å². The van der Waals surface area contributed by atoms with Crippen molar-refractivity contribution in [3.05, 3.63) is 17.5 Å². The van der Waals surface area contributed by atoms with Crippen LogP contribution >= 0.6 is 0 Å². The summed E-state index contributed by atoms with van der Waals surface area (Å²) in [5, 5.41) is 7.49. The van der Waals surface area contributed by atoms with Crippen molar-refractivity contribution in [3.63, 3.8) is 0 Å². The third kappa shape index (κ3) is 4.05. The van der Waals surface area contributed by atoms with Crippen LogP contribution in [-0.4, -0.2) is 45.1 Å². The summed E-state index contributed by atoms with van der Waals surface area (Å²) in [7, 11) is 0. The van der Waals surface area contributed by atoms with Gasteiger partial charge in [-0.2, -0.15) is 5.10 Å². The Labute approximate surface area is 149 Å². The largest absolute Gasteiger partial charge is 0.344 e. The molecule has 0 unspecified atom stereocenters. The number of likely N-dealkylation sites (tertiary alicyclic amines) is 1. The molecule has 0 radical (unpaired) electrons. The highest BCUT2D eigenvalue weighted by Gasteiger charge is 2.38. The number of carbonyl (C=O) groups excluding carboxylic acids is 2. The number of hydrogen-bond donors (Lipinski definition) is 1. The van der Waals surface area contributed by atoms with Crippen LogP contribution in [0.4, 0.5) is 0 Å². The Morgan fingerprint density at radius 2 is 1.96 bits per heavy atom. The number of hydrogen-bond acceptors (Lipinski definition) is 3. The fraction of sp³-hybridized carbons (Fsp3) is 0.737. The normalized spacial score (nSPS) is 22.4. The lowest BCUT2D eigenvalue weighted by atomic mass is 9.96. The highest BCUT2D eigenvalue weighted by Crippen LogP contribution is 2.30. The summed E-state index contributed by atoms with van der Waals surface area (Å²) in [4.78, 5) is 26.9. The van der Waals surface area contributed by atoms with Crippen LogP contribution in [0, 0.1) is 19.8 Å². The highest BCUT2D eigenvalue weighted by molar-refractivity contribution is 5.87. The maximum absolute atomic E-state index is 13.2. The Morgan fingerprint density at radius 3 is 2.56 bits per heavy atom. The molecule has 1 aliphatic heterocycles. The van der Waals surface area contributed by atoms with E-state index in [9.17, 15) is 9.59 Å². The van der Waals surface area contributed by atoms with E-state index in [1.807, 2.05) is 16.5 Å². The average molecular weight is 346 g/mol. The molecule has 1 saturated carbocycles. The lowest BCUT2D eigenvalue weighted by Gasteiger charge is -2.32. The fourth-order valence-electron chi connectivity index (χ4n) is 4.44. The summed E-state index contributed by atoms with van der Waals surface area (Å²) >= 11 is 0. The van der Waals surface area contributed by atoms with Gasteiger partial charge in [0, 0.05) is 19.2 Å². The topological polar surface area (TPSA) is 67.2 Å². The molecule has 1 aliphatic carbocycles. The number of nitrogens with one attached hydrogen (secondary N) is 1. The summed E-state index contributed by atoms with van der Waals surface area (Å²) in [6.07, 6.45) is 6.40. The van der Waals surface area contributed by atoms with Gasteiger partial charge in [-0.25, -0.2) is 0 Å². The minimum absolute atomic E-state index is 0.103. The molecule has 1 aromatic rings. The van der Waals surface area contributed by atoms with E-state index in [4.69, 9.17) is 0 Å². The summed E-state index contributed by atoms with van der Waals surface area (Å²) in [5.41, 5.74) is 2.14. The van der Waals surface area contributed by atoms with E-state index >= 15 is 0 Å². The molecule has 1 aromatic heterocycles. The Hall–Kier alpha value is -1.85. The van der Waals surface area contributed by atoms with E-state index in [1.165, 1.54) is 6.92 Å². The molecule has 3 rings (SSSR count). The smallest absolute Gasteiger partial charge is 0.245 e. The third-order valence-electron chi connectivity index (χ3n) is 5.64. The van der Waals surface area contributed by atoms with Crippen LogP contribution in [0.1, 0.15) is 56.8 Å². The van der Waals surface area contributed by atoms with Gasteiger partial charge in [-0.1, -0.05) is 12.8 Å². The van der Waals surface area contributed by atoms with Crippen LogP contribution in [0.2, 0.25) is 0 Å². The van der Waals surface area contributed by atoms with E-state index in [0.29, 0.717) is 0 Å². The van der Waals surface area contributed by atoms with E-state index in [0.717, 1.165) is 63.0 Å². The predicted molar refractivity (Wildman–Crippen MR) is 96.0 cm³/mol. The molecular weight excluding hydrogens is 316 g/mol. The molecule has 2 fully saturated rings. The van der Waals surface area contributed by atoms with Crippen LogP contribution in [-0.2, 0) is 16.1 Å². The number of amides is 2. The van der Waals surface area contributed by atoms with Crippen molar-refractivity contribution in [2.75, 3.05) is 6.54 Å². The molecular formula is C19H30N4O2.